The molecule has 0 saturated heterocycles. The molecule has 0 fully saturated rings. The molecule has 6 nitrogen and oxygen atoms in total. The summed E-state index contributed by atoms with van der Waals surface area (Å²) in [6.07, 6.45) is 1.54. The van der Waals surface area contributed by atoms with Gasteiger partial charge in [-0.15, -0.1) is 0 Å². The fraction of sp³-hybridized carbons (Fsp3) is 0.200. The molecule has 0 aliphatic heterocycles. The van der Waals surface area contributed by atoms with E-state index in [0.29, 0.717) is 18.1 Å². The van der Waals surface area contributed by atoms with Crippen molar-refractivity contribution in [3.8, 4) is 5.75 Å². The maximum Gasteiger partial charge on any atom is 0.335 e. The van der Waals surface area contributed by atoms with Crippen molar-refractivity contribution in [3.05, 3.63) is 54.0 Å². The van der Waals surface area contributed by atoms with E-state index in [1.165, 1.54) is 17.0 Å². The standard InChI is InChI=1S/C15H15NO5/c1-16(9-13-6-3-7-20-13)14(17)10-21-12-5-2-4-11(8-12)15(18)19/h2-8H,9-10H2,1H3,(H,18,19). The molecule has 1 N–H and O–H groups in total. The van der Waals surface area contributed by atoms with Crippen LogP contribution in [0.2, 0.25) is 0 Å². The molecule has 1 aromatic carbocycles. The number of likely N-dealkylation sites (N-methyl/N-ethyl adjacent to an activating group) is 1. The molecule has 2 rings (SSSR count). The highest BCUT2D eigenvalue weighted by molar-refractivity contribution is 5.88. The predicted octanol–water partition coefficient (Wildman–Crippen LogP) is 2.02. The van der Waals surface area contributed by atoms with Crippen molar-refractivity contribution in [1.82, 2.24) is 4.90 Å². The molecule has 0 aliphatic rings. The number of carboxylic acids is 1. The normalized spacial score (nSPS) is 10.1. The molecule has 1 amide bonds. The molecule has 1 heterocycles. The van der Waals surface area contributed by atoms with Crippen LogP contribution in [-0.2, 0) is 11.3 Å². The van der Waals surface area contributed by atoms with Crippen LogP contribution in [0, 0.1) is 0 Å². The smallest absolute Gasteiger partial charge is 0.335 e. The number of carboxylic acid groups (broad SMARTS) is 1. The van der Waals surface area contributed by atoms with Crippen molar-refractivity contribution in [3.63, 3.8) is 0 Å². The third-order valence-electron chi connectivity index (χ3n) is 2.84. The molecule has 0 unspecified atom stereocenters. The van der Waals surface area contributed by atoms with Gasteiger partial charge in [0.15, 0.2) is 6.61 Å². The van der Waals surface area contributed by atoms with Crippen LogP contribution in [0.5, 0.6) is 5.75 Å². The molecule has 0 radical (unpaired) electrons. The molecule has 2 aromatic rings. The van der Waals surface area contributed by atoms with Crippen LogP contribution in [0.3, 0.4) is 0 Å². The average Bonchev–Trinajstić information content (AvgIpc) is 2.97. The Hall–Kier alpha value is -2.76. The first-order valence-corrected chi connectivity index (χ1v) is 6.29. The number of benzene rings is 1. The van der Waals surface area contributed by atoms with Gasteiger partial charge in [-0.25, -0.2) is 4.79 Å². The van der Waals surface area contributed by atoms with Crippen molar-refractivity contribution in [2.24, 2.45) is 0 Å². The summed E-state index contributed by atoms with van der Waals surface area (Å²) in [5, 5.41) is 8.88. The van der Waals surface area contributed by atoms with Gasteiger partial charge in [0, 0.05) is 7.05 Å². The molecule has 6 heteroatoms. The van der Waals surface area contributed by atoms with E-state index in [9.17, 15) is 9.59 Å². The van der Waals surface area contributed by atoms with Crippen LogP contribution in [0.1, 0.15) is 16.1 Å². The Morgan fingerprint density at radius 1 is 1.29 bits per heavy atom. The molecule has 110 valence electrons. The minimum atomic E-state index is -1.04. The quantitative estimate of drug-likeness (QED) is 0.880. The minimum Gasteiger partial charge on any atom is -0.484 e. The van der Waals surface area contributed by atoms with Crippen molar-refractivity contribution in [1.29, 1.82) is 0 Å². The van der Waals surface area contributed by atoms with Gasteiger partial charge in [-0.05, 0) is 30.3 Å². The van der Waals surface area contributed by atoms with E-state index in [2.05, 4.69) is 0 Å². The van der Waals surface area contributed by atoms with E-state index in [1.807, 2.05) is 0 Å². The lowest BCUT2D eigenvalue weighted by atomic mass is 10.2. The molecule has 0 atom stereocenters. The number of furan rings is 1. The van der Waals surface area contributed by atoms with E-state index in [1.54, 1.807) is 37.6 Å². The zero-order valence-electron chi connectivity index (χ0n) is 11.5. The Labute approximate surface area is 121 Å². The number of hydrogen-bond acceptors (Lipinski definition) is 4. The summed E-state index contributed by atoms with van der Waals surface area (Å²) in [6.45, 7) is 0.185. The first-order valence-electron chi connectivity index (χ1n) is 6.29. The molecule has 0 bridgehead atoms. The number of carbonyl (C=O) groups excluding carboxylic acids is 1. The first-order chi connectivity index (χ1) is 10.1. The van der Waals surface area contributed by atoms with Gasteiger partial charge in [-0.1, -0.05) is 6.07 Å². The number of rotatable bonds is 6. The fourth-order valence-electron chi connectivity index (χ4n) is 1.70. The molecule has 0 spiro atoms. The zero-order valence-corrected chi connectivity index (χ0v) is 11.5. The minimum absolute atomic E-state index is 0.115. The van der Waals surface area contributed by atoms with Crippen LogP contribution in [-0.4, -0.2) is 35.5 Å². The summed E-state index contributed by atoms with van der Waals surface area (Å²) in [4.78, 5) is 24.2. The number of carbonyl (C=O) groups is 2. The van der Waals surface area contributed by atoms with E-state index in [0.717, 1.165) is 0 Å². The van der Waals surface area contributed by atoms with Gasteiger partial charge < -0.3 is 19.2 Å². The van der Waals surface area contributed by atoms with Gasteiger partial charge in [0.05, 0.1) is 18.4 Å². The Balaban J connectivity index is 1.88. The maximum atomic E-state index is 11.9. The van der Waals surface area contributed by atoms with E-state index < -0.39 is 5.97 Å². The van der Waals surface area contributed by atoms with Crippen molar-refractivity contribution in [2.45, 2.75) is 6.54 Å². The molecular formula is C15H15NO5. The second kappa shape index (κ2) is 6.60. The Kier molecular flexibility index (Phi) is 4.61. The third-order valence-corrected chi connectivity index (χ3v) is 2.84. The molecular weight excluding hydrogens is 274 g/mol. The van der Waals surface area contributed by atoms with E-state index >= 15 is 0 Å². The lowest BCUT2D eigenvalue weighted by Crippen LogP contribution is -2.30. The predicted molar refractivity (Wildman–Crippen MR) is 74.1 cm³/mol. The topological polar surface area (TPSA) is 80.0 Å². The van der Waals surface area contributed by atoms with Crippen LogP contribution >= 0.6 is 0 Å². The summed E-state index contributed by atoms with van der Waals surface area (Å²) >= 11 is 0. The van der Waals surface area contributed by atoms with Gasteiger partial charge in [0.25, 0.3) is 5.91 Å². The lowest BCUT2D eigenvalue weighted by molar-refractivity contribution is -0.132. The Bertz CT molecular complexity index is 621. The number of nitrogens with zero attached hydrogens (tertiary/aromatic N) is 1. The Morgan fingerprint density at radius 2 is 2.10 bits per heavy atom. The summed E-state index contributed by atoms with van der Waals surface area (Å²) in [7, 11) is 1.64. The van der Waals surface area contributed by atoms with Crippen molar-refractivity contribution < 1.29 is 23.8 Å². The van der Waals surface area contributed by atoms with Crippen LogP contribution < -0.4 is 4.74 Å². The summed E-state index contributed by atoms with van der Waals surface area (Å²) < 4.78 is 10.5. The van der Waals surface area contributed by atoms with Crippen molar-refractivity contribution in [2.75, 3.05) is 13.7 Å². The summed E-state index contributed by atoms with van der Waals surface area (Å²) in [6, 6.07) is 9.53. The largest absolute Gasteiger partial charge is 0.484 e. The summed E-state index contributed by atoms with van der Waals surface area (Å²) in [5.74, 6) is -0.248. The zero-order chi connectivity index (χ0) is 15.2. The van der Waals surface area contributed by atoms with Crippen LogP contribution in [0.4, 0.5) is 0 Å². The van der Waals surface area contributed by atoms with Crippen LogP contribution in [0.15, 0.2) is 47.1 Å². The van der Waals surface area contributed by atoms with E-state index in [4.69, 9.17) is 14.3 Å². The third kappa shape index (κ3) is 4.10. The van der Waals surface area contributed by atoms with Crippen LogP contribution in [0.25, 0.3) is 0 Å². The molecule has 0 saturated carbocycles. The SMILES string of the molecule is CN(Cc1ccco1)C(=O)COc1cccc(C(=O)O)c1. The van der Waals surface area contributed by atoms with E-state index in [-0.39, 0.29) is 18.1 Å². The molecule has 21 heavy (non-hydrogen) atoms. The maximum absolute atomic E-state index is 11.9. The number of amides is 1. The number of hydrogen-bond donors (Lipinski definition) is 1. The summed E-state index contributed by atoms with van der Waals surface area (Å²) in [5.41, 5.74) is 0.115. The second-order valence-corrected chi connectivity index (χ2v) is 4.45. The number of ether oxygens (including phenoxy) is 1. The monoisotopic (exact) mass is 289 g/mol. The van der Waals surface area contributed by atoms with Gasteiger partial charge in [-0.3, -0.25) is 4.79 Å². The van der Waals surface area contributed by atoms with Crippen molar-refractivity contribution >= 4 is 11.9 Å². The van der Waals surface area contributed by atoms with Gasteiger partial charge in [0.2, 0.25) is 0 Å². The fourth-order valence-corrected chi connectivity index (χ4v) is 1.70. The highest BCUT2D eigenvalue weighted by Gasteiger charge is 2.12. The van der Waals surface area contributed by atoms with Gasteiger partial charge in [-0.2, -0.15) is 0 Å². The Morgan fingerprint density at radius 3 is 2.76 bits per heavy atom. The highest BCUT2D eigenvalue weighted by Crippen LogP contribution is 2.13. The first kappa shape index (κ1) is 14.6. The van der Waals surface area contributed by atoms with Gasteiger partial charge >= 0.3 is 5.97 Å². The molecule has 1 aromatic heterocycles. The average molecular weight is 289 g/mol. The lowest BCUT2D eigenvalue weighted by Gasteiger charge is -2.16. The van der Waals surface area contributed by atoms with Gasteiger partial charge in [0.1, 0.15) is 11.5 Å². The number of aromatic carboxylic acids is 1. The highest BCUT2D eigenvalue weighted by atomic mass is 16.5. The molecule has 0 aliphatic carbocycles. The second-order valence-electron chi connectivity index (χ2n) is 4.45.